The van der Waals surface area contributed by atoms with E-state index in [2.05, 4.69) is 26.0 Å². The second kappa shape index (κ2) is 7.55. The van der Waals surface area contributed by atoms with Gasteiger partial charge in [0.05, 0.1) is 12.1 Å². The molecule has 5 aromatic rings. The summed E-state index contributed by atoms with van der Waals surface area (Å²) in [7, 11) is 0. The zero-order valence-corrected chi connectivity index (χ0v) is 17.6. The van der Waals surface area contributed by atoms with Gasteiger partial charge < -0.3 is 0 Å². The van der Waals surface area contributed by atoms with Crippen LogP contribution in [0.4, 0.5) is 4.39 Å². The molecule has 2 aromatic heterocycles. The summed E-state index contributed by atoms with van der Waals surface area (Å²) >= 11 is 3.35. The Morgan fingerprint density at radius 3 is 2.42 bits per heavy atom. The maximum Gasteiger partial charge on any atom is 0.351 e. The van der Waals surface area contributed by atoms with Gasteiger partial charge in [-0.3, -0.25) is 9.36 Å². The van der Waals surface area contributed by atoms with Crippen LogP contribution in [0, 0.1) is 5.82 Å². The summed E-state index contributed by atoms with van der Waals surface area (Å²) in [5.41, 5.74) is 1.59. The second-order valence-electron chi connectivity index (χ2n) is 6.99. The number of aromatic nitrogens is 4. The first-order chi connectivity index (χ1) is 15.0. The van der Waals surface area contributed by atoms with Gasteiger partial charge in [0, 0.05) is 21.0 Å². The average Bonchev–Trinajstić information content (AvgIpc) is 3.23. The van der Waals surface area contributed by atoms with E-state index in [0.29, 0.717) is 33.5 Å². The van der Waals surface area contributed by atoms with Gasteiger partial charge in [-0.05, 0) is 48.5 Å². The number of fused-ring (bicyclic) bond motifs is 3. The molecule has 8 heteroatoms. The van der Waals surface area contributed by atoms with Crippen molar-refractivity contribution in [1.82, 2.24) is 19.2 Å². The summed E-state index contributed by atoms with van der Waals surface area (Å²) in [5.74, 6) is -0.260. The fourth-order valence-electron chi connectivity index (χ4n) is 3.48. The zero-order chi connectivity index (χ0) is 21.5. The van der Waals surface area contributed by atoms with Crippen molar-refractivity contribution in [2.24, 2.45) is 0 Å². The Labute approximate surface area is 183 Å². The molecule has 6 nitrogen and oxygen atoms in total. The SMILES string of the molecule is O=C(Cn1c(=O)n2nc(-c3ccc(F)cc3)nc2c2ccccc21)c1ccc(Br)cc1. The quantitative estimate of drug-likeness (QED) is 0.358. The molecule has 152 valence electrons. The van der Waals surface area contributed by atoms with Gasteiger partial charge >= 0.3 is 5.69 Å². The Bertz CT molecular complexity index is 1510. The molecule has 0 aliphatic rings. The fourth-order valence-corrected chi connectivity index (χ4v) is 3.74. The van der Waals surface area contributed by atoms with Gasteiger partial charge in [0.15, 0.2) is 17.3 Å². The van der Waals surface area contributed by atoms with Crippen LogP contribution in [-0.4, -0.2) is 24.9 Å². The minimum absolute atomic E-state index is 0.136. The van der Waals surface area contributed by atoms with Crippen LogP contribution >= 0.6 is 15.9 Å². The van der Waals surface area contributed by atoms with Crippen molar-refractivity contribution in [3.63, 3.8) is 0 Å². The topological polar surface area (TPSA) is 69.3 Å². The normalized spacial score (nSPS) is 11.3. The lowest BCUT2D eigenvalue weighted by Crippen LogP contribution is -2.30. The lowest BCUT2D eigenvalue weighted by molar-refractivity contribution is 0.0971. The molecule has 0 bridgehead atoms. The van der Waals surface area contributed by atoms with E-state index >= 15 is 0 Å². The lowest BCUT2D eigenvalue weighted by atomic mass is 10.1. The van der Waals surface area contributed by atoms with E-state index in [-0.39, 0.29) is 18.1 Å². The molecule has 0 saturated carbocycles. The van der Waals surface area contributed by atoms with E-state index in [1.165, 1.54) is 21.2 Å². The van der Waals surface area contributed by atoms with Gasteiger partial charge in [0.2, 0.25) is 0 Å². The van der Waals surface area contributed by atoms with Crippen LogP contribution in [0.1, 0.15) is 10.4 Å². The largest absolute Gasteiger partial charge is 0.351 e. The van der Waals surface area contributed by atoms with Gasteiger partial charge in [-0.2, -0.15) is 4.52 Å². The zero-order valence-electron chi connectivity index (χ0n) is 16.0. The highest BCUT2D eigenvalue weighted by atomic mass is 79.9. The first-order valence-electron chi connectivity index (χ1n) is 9.44. The predicted octanol–water partition coefficient (Wildman–Crippen LogP) is 4.50. The van der Waals surface area contributed by atoms with Crippen LogP contribution in [0.15, 0.2) is 82.1 Å². The Morgan fingerprint density at radius 2 is 1.68 bits per heavy atom. The van der Waals surface area contributed by atoms with Gasteiger partial charge in [-0.15, -0.1) is 5.10 Å². The van der Waals surface area contributed by atoms with Crippen LogP contribution in [0.5, 0.6) is 0 Å². The monoisotopic (exact) mass is 476 g/mol. The Morgan fingerprint density at radius 1 is 0.968 bits per heavy atom. The number of para-hydroxylation sites is 1. The highest BCUT2D eigenvalue weighted by Gasteiger charge is 2.18. The molecule has 3 aromatic carbocycles. The van der Waals surface area contributed by atoms with Gasteiger partial charge in [-0.25, -0.2) is 14.2 Å². The molecule has 0 fully saturated rings. The molecule has 0 unspecified atom stereocenters. The molecular formula is C23H14BrFN4O2. The van der Waals surface area contributed by atoms with Gasteiger partial charge in [0.1, 0.15) is 5.82 Å². The number of rotatable bonds is 4. The molecule has 0 aliphatic carbocycles. The van der Waals surface area contributed by atoms with Crippen LogP contribution in [0.3, 0.4) is 0 Å². The van der Waals surface area contributed by atoms with E-state index < -0.39 is 5.69 Å². The minimum Gasteiger partial charge on any atom is -0.292 e. The molecule has 31 heavy (non-hydrogen) atoms. The first-order valence-corrected chi connectivity index (χ1v) is 10.2. The van der Waals surface area contributed by atoms with E-state index in [4.69, 9.17) is 0 Å². The number of halogens is 2. The first kappa shape index (κ1) is 19.3. The predicted molar refractivity (Wildman–Crippen MR) is 119 cm³/mol. The standard InChI is InChI=1S/C23H14BrFN4O2/c24-16-9-5-14(6-10-16)20(30)13-28-19-4-2-1-3-18(19)22-26-21(27-29(22)23(28)31)15-7-11-17(25)12-8-15/h1-12H,13H2. The van der Waals surface area contributed by atoms with Crippen LogP contribution in [0.2, 0.25) is 0 Å². The second-order valence-corrected chi connectivity index (χ2v) is 7.91. The number of carbonyl (C=O) groups excluding carboxylic acids is 1. The molecule has 0 aliphatic heterocycles. The molecule has 0 atom stereocenters. The molecule has 0 spiro atoms. The molecule has 2 heterocycles. The third-order valence-electron chi connectivity index (χ3n) is 5.03. The van der Waals surface area contributed by atoms with Crippen molar-refractivity contribution < 1.29 is 9.18 Å². The minimum atomic E-state index is -0.472. The molecule has 0 radical (unpaired) electrons. The summed E-state index contributed by atoms with van der Waals surface area (Å²) in [6, 6.07) is 20.0. The maximum atomic E-state index is 13.3. The Hall–Kier alpha value is -3.65. The number of Topliss-reactive ketones (excluding diaryl/α,β-unsaturated/α-hetero) is 1. The number of carbonyl (C=O) groups is 1. The van der Waals surface area contributed by atoms with E-state index in [1.54, 1.807) is 48.5 Å². The number of hydrogen-bond donors (Lipinski definition) is 0. The smallest absolute Gasteiger partial charge is 0.292 e. The number of hydrogen-bond acceptors (Lipinski definition) is 4. The van der Waals surface area contributed by atoms with E-state index in [1.807, 2.05) is 12.1 Å². The van der Waals surface area contributed by atoms with Crippen molar-refractivity contribution in [2.75, 3.05) is 0 Å². The third kappa shape index (κ3) is 3.44. The molecule has 0 amide bonds. The average molecular weight is 477 g/mol. The van der Waals surface area contributed by atoms with Crippen molar-refractivity contribution in [2.45, 2.75) is 6.54 Å². The molecular weight excluding hydrogens is 463 g/mol. The van der Waals surface area contributed by atoms with Crippen LogP contribution in [-0.2, 0) is 6.54 Å². The van der Waals surface area contributed by atoms with Crippen molar-refractivity contribution in [3.8, 4) is 11.4 Å². The lowest BCUT2D eigenvalue weighted by Gasteiger charge is -2.10. The summed E-state index contributed by atoms with van der Waals surface area (Å²) in [6.45, 7) is -0.136. The third-order valence-corrected chi connectivity index (χ3v) is 5.55. The molecule has 0 N–H and O–H groups in total. The van der Waals surface area contributed by atoms with Crippen molar-refractivity contribution in [1.29, 1.82) is 0 Å². The summed E-state index contributed by atoms with van der Waals surface area (Å²) in [5, 5.41) is 5.03. The van der Waals surface area contributed by atoms with Crippen LogP contribution < -0.4 is 5.69 Å². The maximum absolute atomic E-state index is 13.3. The van der Waals surface area contributed by atoms with Crippen molar-refractivity contribution >= 4 is 38.3 Å². The van der Waals surface area contributed by atoms with E-state index in [9.17, 15) is 14.0 Å². The number of benzene rings is 3. The molecule has 5 rings (SSSR count). The summed E-state index contributed by atoms with van der Waals surface area (Å²) in [4.78, 5) is 30.6. The van der Waals surface area contributed by atoms with Gasteiger partial charge in [0.25, 0.3) is 0 Å². The summed E-state index contributed by atoms with van der Waals surface area (Å²) in [6.07, 6.45) is 0. The number of ketones is 1. The van der Waals surface area contributed by atoms with Crippen LogP contribution in [0.25, 0.3) is 27.9 Å². The Kier molecular flexibility index (Phi) is 4.71. The Balaban J connectivity index is 1.68. The fraction of sp³-hybridized carbons (Fsp3) is 0.0435. The van der Waals surface area contributed by atoms with Crippen molar-refractivity contribution in [3.05, 3.63) is 99.1 Å². The highest BCUT2D eigenvalue weighted by molar-refractivity contribution is 9.10. The highest BCUT2D eigenvalue weighted by Crippen LogP contribution is 2.22. The van der Waals surface area contributed by atoms with Gasteiger partial charge in [-0.1, -0.05) is 40.2 Å². The summed E-state index contributed by atoms with van der Waals surface area (Å²) < 4.78 is 16.7. The van der Waals surface area contributed by atoms with E-state index in [0.717, 1.165) is 4.47 Å². The molecule has 0 saturated heterocycles. The number of nitrogens with zero attached hydrogens (tertiary/aromatic N) is 4.